The average molecular weight is 448 g/mol. The summed E-state index contributed by atoms with van der Waals surface area (Å²) in [6.45, 7) is 0. The molecule has 0 aromatic heterocycles. The molecule has 13 nitrogen and oxygen atoms in total. The van der Waals surface area contributed by atoms with Crippen molar-refractivity contribution < 1.29 is 94.3 Å². The summed E-state index contributed by atoms with van der Waals surface area (Å²) in [6.07, 6.45) is 0. The fourth-order valence-electron chi connectivity index (χ4n) is 0. The Morgan fingerprint density at radius 3 is 0.647 bits per heavy atom. The zero-order valence-electron chi connectivity index (χ0n) is 7.70. The molecule has 6 N–H and O–H groups in total. The van der Waals surface area contributed by atoms with Crippen molar-refractivity contribution in [3.63, 3.8) is 0 Å². The molecule has 0 bridgehead atoms. The van der Waals surface area contributed by atoms with E-state index in [-0.39, 0.29) is 47.9 Å². The van der Waals surface area contributed by atoms with E-state index in [1.165, 1.54) is 0 Å². The van der Waals surface area contributed by atoms with Crippen LogP contribution in [-0.4, -0.2) is 52.6 Å². The number of rotatable bonds is 0. The number of hydrogen-bond acceptors (Lipinski definition) is 10. The normalized spacial score (nSPS) is 10.2. The van der Waals surface area contributed by atoms with Crippen LogP contribution in [0.1, 0.15) is 0 Å². The van der Waals surface area contributed by atoms with Gasteiger partial charge in [-0.3, -0.25) is 25.9 Å². The molecule has 1 radical (unpaired) electrons. The summed E-state index contributed by atoms with van der Waals surface area (Å²) in [5.74, 6) is 0. The van der Waals surface area contributed by atoms with Gasteiger partial charge in [0.15, 0.2) is 0 Å². The fourth-order valence-corrected chi connectivity index (χ4v) is 0. The smallest absolute Gasteiger partial charge is 0.759 e. The third kappa shape index (κ3) is 4220. The van der Waals surface area contributed by atoms with E-state index in [1.54, 1.807) is 0 Å². The van der Waals surface area contributed by atoms with Crippen molar-refractivity contribution in [2.45, 2.75) is 0 Å². The molecule has 17 heavy (non-hydrogen) atoms. The van der Waals surface area contributed by atoms with Crippen LogP contribution < -0.4 is 6.15 Å². The second kappa shape index (κ2) is 12.0. The minimum atomic E-state index is -5.17. The van der Waals surface area contributed by atoms with Crippen molar-refractivity contribution in [2.24, 2.45) is 0 Å². The van der Waals surface area contributed by atoms with Gasteiger partial charge in [0, 0.05) is 20.8 Å². The van der Waals surface area contributed by atoms with E-state index in [4.69, 9.17) is 52.6 Å². The predicted molar refractivity (Wildman–Crippen MR) is 41.1 cm³/mol. The van der Waals surface area contributed by atoms with Crippen LogP contribution in [0.5, 0.6) is 0 Å². The van der Waals surface area contributed by atoms with Crippen molar-refractivity contribution in [3.05, 3.63) is 0 Å². The summed E-state index contributed by atoms with van der Waals surface area (Å²) in [6, 6.07) is 0. The summed E-state index contributed by atoms with van der Waals surface area (Å²) in [7, 11) is -15.0. The molecule has 0 aliphatic carbocycles. The molecular formula is H6CeNO12S3. The molecule has 0 aromatic rings. The summed E-state index contributed by atoms with van der Waals surface area (Å²) >= 11 is 0. The standard InChI is InChI=1S/Ce.H3N.3H2O4S/c;;3*1-5(2,3)4/h;1H3;3*(H2,1,2,3,4)/q+3;;;;/p-3. The Hall–Kier alpha value is 0.947. The molecule has 0 saturated carbocycles. The van der Waals surface area contributed by atoms with E-state index >= 15 is 0 Å². The Labute approximate surface area is 130 Å². The van der Waals surface area contributed by atoms with Crippen LogP contribution in [0.3, 0.4) is 0 Å². The Morgan fingerprint density at radius 2 is 0.647 bits per heavy atom. The van der Waals surface area contributed by atoms with Gasteiger partial charge in [-0.05, 0) is 0 Å². The molecule has 0 unspecified atom stereocenters. The SMILES string of the molecule is O=S(=O)(O)O.O=S(=O)([O-])[O-].O=S(=O)([O-])[O-].[Ce+3].[NH4+]. The molecule has 0 heterocycles. The molecule has 17 heteroatoms. The Kier molecular flexibility index (Phi) is 21.7. The zero-order valence-corrected chi connectivity index (χ0v) is 13.3. The second-order valence-corrected chi connectivity index (χ2v) is 3.79. The van der Waals surface area contributed by atoms with E-state index in [9.17, 15) is 0 Å². The number of hydrogen-bond donors (Lipinski definition) is 3. The van der Waals surface area contributed by atoms with Crippen molar-refractivity contribution in [3.8, 4) is 0 Å². The van der Waals surface area contributed by atoms with Crippen LogP contribution >= 0.6 is 0 Å². The topological polar surface area (TPSA) is 272 Å². The van der Waals surface area contributed by atoms with Gasteiger partial charge >= 0.3 is 52.1 Å². The molecular weight excluding hydrogens is 442 g/mol. The first-order valence-electron chi connectivity index (χ1n) is 2.03. The van der Waals surface area contributed by atoms with Crippen LogP contribution in [0.15, 0.2) is 0 Å². The van der Waals surface area contributed by atoms with Crippen molar-refractivity contribution in [1.29, 1.82) is 0 Å². The summed E-state index contributed by atoms with van der Waals surface area (Å²) in [5, 5.41) is 0. The monoisotopic (exact) mass is 448 g/mol. The van der Waals surface area contributed by atoms with Crippen LogP contribution in [-0.2, 0) is 31.2 Å². The Morgan fingerprint density at radius 1 is 0.647 bits per heavy atom. The third-order valence-electron chi connectivity index (χ3n) is 0. The molecule has 0 fully saturated rings. The van der Waals surface area contributed by atoms with Gasteiger partial charge in [0.1, 0.15) is 0 Å². The molecule has 0 atom stereocenters. The van der Waals surface area contributed by atoms with Gasteiger partial charge in [-0.25, -0.2) is 0 Å². The van der Waals surface area contributed by atoms with Crippen LogP contribution in [0, 0.1) is 41.7 Å². The summed E-state index contributed by atoms with van der Waals surface area (Å²) in [5.41, 5.74) is 0. The van der Waals surface area contributed by atoms with Gasteiger partial charge in [-0.1, -0.05) is 0 Å². The maximum atomic E-state index is 8.74. The Balaban J connectivity index is -0.0000000400. The van der Waals surface area contributed by atoms with Gasteiger partial charge < -0.3 is 24.4 Å². The predicted octanol–water partition coefficient (Wildman–Crippen LogP) is -2.95. The van der Waals surface area contributed by atoms with Gasteiger partial charge in [0.25, 0.3) is 0 Å². The molecule has 0 rings (SSSR count). The molecule has 0 aromatic carbocycles. The van der Waals surface area contributed by atoms with Gasteiger partial charge in [0.2, 0.25) is 0 Å². The third-order valence-corrected chi connectivity index (χ3v) is 0. The molecule has 0 amide bonds. The van der Waals surface area contributed by atoms with Gasteiger partial charge in [-0.2, -0.15) is 8.42 Å². The fraction of sp³-hybridized carbons (Fsp3) is 0. The van der Waals surface area contributed by atoms with Crippen LogP contribution in [0.4, 0.5) is 0 Å². The molecule has 0 aliphatic heterocycles. The van der Waals surface area contributed by atoms with Crippen molar-refractivity contribution >= 4 is 31.2 Å². The largest absolute Gasteiger partial charge is 3.00 e. The first kappa shape index (κ1) is 30.7. The van der Waals surface area contributed by atoms with Crippen LogP contribution in [0.2, 0.25) is 0 Å². The first-order valence-corrected chi connectivity index (χ1v) is 6.10. The minimum Gasteiger partial charge on any atom is -0.759 e. The van der Waals surface area contributed by atoms with E-state index in [0.717, 1.165) is 0 Å². The molecule has 0 saturated heterocycles. The maximum absolute atomic E-state index is 8.74. The molecule has 0 spiro atoms. The first-order chi connectivity index (χ1) is 6.00. The van der Waals surface area contributed by atoms with Gasteiger partial charge in [0.05, 0.1) is 0 Å². The van der Waals surface area contributed by atoms with Gasteiger partial charge in [-0.15, -0.1) is 0 Å². The van der Waals surface area contributed by atoms with E-state index in [2.05, 4.69) is 0 Å². The van der Waals surface area contributed by atoms with Crippen molar-refractivity contribution in [2.75, 3.05) is 0 Å². The second-order valence-electron chi connectivity index (χ2n) is 1.26. The van der Waals surface area contributed by atoms with Crippen LogP contribution in [0.25, 0.3) is 0 Å². The average Bonchev–Trinajstić information content (AvgIpc) is 1.41. The summed E-state index contributed by atoms with van der Waals surface area (Å²) in [4.78, 5) is 0. The molecule has 105 valence electrons. The van der Waals surface area contributed by atoms with E-state index in [1.807, 2.05) is 0 Å². The molecule has 0 aliphatic rings. The summed E-state index contributed by atoms with van der Waals surface area (Å²) < 4.78 is 99.7. The zero-order chi connectivity index (χ0) is 13.5. The van der Waals surface area contributed by atoms with Crippen molar-refractivity contribution in [1.82, 2.24) is 6.15 Å². The van der Waals surface area contributed by atoms with E-state index in [0.29, 0.717) is 0 Å². The minimum absolute atomic E-state index is 0. The Bertz CT molecular complexity index is 343. The quantitative estimate of drug-likeness (QED) is 0.248. The maximum Gasteiger partial charge on any atom is 3.00 e. The van der Waals surface area contributed by atoms with E-state index < -0.39 is 31.2 Å². The number of quaternary nitrogens is 1.